The van der Waals surface area contributed by atoms with Gasteiger partial charge in [0, 0.05) is 18.3 Å². The number of rotatable bonds is 5. The number of nitrogens with one attached hydrogen (secondary N) is 1. The summed E-state index contributed by atoms with van der Waals surface area (Å²) in [6, 6.07) is 6.28. The summed E-state index contributed by atoms with van der Waals surface area (Å²) in [5.74, 6) is 6.09. The van der Waals surface area contributed by atoms with Gasteiger partial charge in [0.2, 0.25) is 0 Å². The molecule has 1 aromatic carbocycles. The lowest BCUT2D eigenvalue weighted by Gasteiger charge is -2.16. The number of hydrogen-bond acceptors (Lipinski definition) is 5. The Morgan fingerprint density at radius 1 is 1.43 bits per heavy atom. The second kappa shape index (κ2) is 7.18. The van der Waals surface area contributed by atoms with Gasteiger partial charge in [-0.3, -0.25) is 0 Å². The highest BCUT2D eigenvalue weighted by Gasteiger charge is 2.24. The van der Waals surface area contributed by atoms with Gasteiger partial charge in [0.1, 0.15) is 12.4 Å². The van der Waals surface area contributed by atoms with Gasteiger partial charge in [-0.1, -0.05) is 5.92 Å². The van der Waals surface area contributed by atoms with E-state index in [4.69, 9.17) is 4.74 Å². The molecule has 0 aliphatic carbocycles. The molecule has 1 unspecified atom stereocenters. The Bertz CT molecular complexity index is 632. The molecule has 21 heavy (non-hydrogen) atoms. The van der Waals surface area contributed by atoms with Crippen molar-refractivity contribution in [3.63, 3.8) is 0 Å². The van der Waals surface area contributed by atoms with Crippen LogP contribution in [0.25, 0.3) is 0 Å². The van der Waals surface area contributed by atoms with Crippen LogP contribution in [0, 0.1) is 11.8 Å². The first-order valence-corrected chi connectivity index (χ1v) is 8.59. The van der Waals surface area contributed by atoms with Crippen molar-refractivity contribution < 1.29 is 13.2 Å². The summed E-state index contributed by atoms with van der Waals surface area (Å²) in [6.07, 6.45) is 0.872. The molecule has 0 radical (unpaired) electrons. The topological polar surface area (TPSA) is 58.6 Å². The van der Waals surface area contributed by atoms with Crippen LogP contribution in [-0.2, 0) is 10.0 Å². The first-order valence-electron chi connectivity index (χ1n) is 6.59. The lowest BCUT2D eigenvalue weighted by molar-refractivity contribution is 0.301. The summed E-state index contributed by atoms with van der Waals surface area (Å²) in [5, 5.41) is 1.89. The van der Waals surface area contributed by atoms with E-state index in [9.17, 15) is 8.42 Å². The van der Waals surface area contributed by atoms with Gasteiger partial charge in [0.25, 0.3) is 10.0 Å². The molecule has 1 aliphatic heterocycles. The van der Waals surface area contributed by atoms with E-state index >= 15 is 0 Å². The molecule has 2 rings (SSSR count). The van der Waals surface area contributed by atoms with Crippen LogP contribution in [0.3, 0.4) is 0 Å². The quantitative estimate of drug-likeness (QED) is 0.632. The Morgan fingerprint density at radius 2 is 2.14 bits per heavy atom. The first-order chi connectivity index (χ1) is 10.0. The Labute approximate surface area is 131 Å². The standard InChI is InChI=1S/C14H18N2O3S2/c1-2-3-10-19-12-4-6-14(7-5-12)21(17,18)15-16-9-8-13(20)11-16/h4-7,13,15,20H,8-11H2,1H3. The molecular weight excluding hydrogens is 308 g/mol. The van der Waals surface area contributed by atoms with Crippen LogP contribution in [-0.4, -0.2) is 38.4 Å². The Balaban J connectivity index is 2.00. The molecule has 0 spiro atoms. The van der Waals surface area contributed by atoms with Crippen molar-refractivity contribution in [3.8, 4) is 17.6 Å². The number of nitrogens with zero attached hydrogens (tertiary/aromatic N) is 1. The van der Waals surface area contributed by atoms with Gasteiger partial charge in [0.15, 0.2) is 0 Å². The van der Waals surface area contributed by atoms with Crippen molar-refractivity contribution >= 4 is 22.7 Å². The number of hydrazine groups is 1. The van der Waals surface area contributed by atoms with Crippen LogP contribution >= 0.6 is 12.6 Å². The predicted octanol–water partition coefficient (Wildman–Crippen LogP) is 1.29. The van der Waals surface area contributed by atoms with E-state index in [-0.39, 0.29) is 16.8 Å². The van der Waals surface area contributed by atoms with Crippen LogP contribution in [0.1, 0.15) is 13.3 Å². The summed E-state index contributed by atoms with van der Waals surface area (Å²) in [5.41, 5.74) is 0. The molecular formula is C14H18N2O3S2. The molecule has 1 fully saturated rings. The normalized spacial score (nSPS) is 19.0. The maximum Gasteiger partial charge on any atom is 0.253 e. The summed E-state index contributed by atoms with van der Waals surface area (Å²) >= 11 is 4.34. The molecule has 1 atom stereocenters. The summed E-state index contributed by atoms with van der Waals surface area (Å²) < 4.78 is 29.8. The van der Waals surface area contributed by atoms with Gasteiger partial charge in [-0.25, -0.2) is 13.4 Å². The van der Waals surface area contributed by atoms with E-state index in [1.165, 1.54) is 12.1 Å². The van der Waals surface area contributed by atoms with E-state index in [0.717, 1.165) is 6.42 Å². The van der Waals surface area contributed by atoms with Crippen LogP contribution in [0.2, 0.25) is 0 Å². The highest BCUT2D eigenvalue weighted by Crippen LogP contribution is 2.18. The number of hydrogen-bond donors (Lipinski definition) is 2. The summed E-state index contributed by atoms with van der Waals surface area (Å²) in [7, 11) is -3.55. The molecule has 1 N–H and O–H groups in total. The van der Waals surface area contributed by atoms with Crippen LogP contribution in [0.4, 0.5) is 0 Å². The first kappa shape index (κ1) is 16.2. The fourth-order valence-corrected chi connectivity index (χ4v) is 3.37. The molecule has 0 bridgehead atoms. The zero-order chi connectivity index (χ0) is 15.3. The van der Waals surface area contributed by atoms with Crippen LogP contribution in [0.15, 0.2) is 29.2 Å². The zero-order valence-corrected chi connectivity index (χ0v) is 13.5. The lowest BCUT2D eigenvalue weighted by Crippen LogP contribution is -2.40. The highest BCUT2D eigenvalue weighted by molar-refractivity contribution is 7.89. The molecule has 7 heteroatoms. The lowest BCUT2D eigenvalue weighted by atomic mass is 10.3. The largest absolute Gasteiger partial charge is 0.481 e. The minimum atomic E-state index is -3.55. The molecule has 0 amide bonds. The monoisotopic (exact) mass is 326 g/mol. The maximum absolute atomic E-state index is 12.2. The average molecular weight is 326 g/mol. The molecule has 1 saturated heterocycles. The van der Waals surface area contributed by atoms with Gasteiger partial charge in [-0.15, -0.1) is 10.8 Å². The van der Waals surface area contributed by atoms with Gasteiger partial charge in [-0.2, -0.15) is 12.6 Å². The number of ether oxygens (including phenoxy) is 1. The minimum Gasteiger partial charge on any atom is -0.481 e. The second-order valence-corrected chi connectivity index (χ2v) is 7.06. The zero-order valence-electron chi connectivity index (χ0n) is 11.7. The maximum atomic E-state index is 12.2. The smallest absolute Gasteiger partial charge is 0.253 e. The van der Waals surface area contributed by atoms with Crippen molar-refractivity contribution in [3.05, 3.63) is 24.3 Å². The SMILES string of the molecule is CC#CCOc1ccc(S(=O)(=O)NN2CCC(S)C2)cc1. The van der Waals surface area contributed by atoms with Crippen LogP contribution in [0.5, 0.6) is 5.75 Å². The number of sulfonamides is 1. The predicted molar refractivity (Wildman–Crippen MR) is 84.7 cm³/mol. The van der Waals surface area contributed by atoms with Gasteiger partial charge >= 0.3 is 0 Å². The molecule has 114 valence electrons. The van der Waals surface area contributed by atoms with E-state index in [1.807, 2.05) is 0 Å². The van der Waals surface area contributed by atoms with E-state index in [0.29, 0.717) is 18.8 Å². The Kier molecular flexibility index (Phi) is 5.53. The molecule has 1 aromatic rings. The van der Waals surface area contributed by atoms with E-state index in [2.05, 4.69) is 29.3 Å². The van der Waals surface area contributed by atoms with Gasteiger partial charge < -0.3 is 4.74 Å². The average Bonchev–Trinajstić information content (AvgIpc) is 2.84. The summed E-state index contributed by atoms with van der Waals surface area (Å²) in [6.45, 7) is 3.31. The van der Waals surface area contributed by atoms with E-state index in [1.54, 1.807) is 24.1 Å². The Morgan fingerprint density at radius 3 is 2.71 bits per heavy atom. The number of thiol groups is 1. The van der Waals surface area contributed by atoms with E-state index < -0.39 is 10.0 Å². The molecule has 5 nitrogen and oxygen atoms in total. The van der Waals surface area contributed by atoms with Gasteiger partial charge in [-0.05, 0) is 37.6 Å². The fraction of sp³-hybridized carbons (Fsp3) is 0.429. The third kappa shape index (κ3) is 4.64. The van der Waals surface area contributed by atoms with Crippen molar-refractivity contribution in [2.24, 2.45) is 0 Å². The van der Waals surface area contributed by atoms with Crippen molar-refractivity contribution in [2.75, 3.05) is 19.7 Å². The third-order valence-corrected chi connectivity index (χ3v) is 4.85. The third-order valence-electron chi connectivity index (χ3n) is 3.03. The van der Waals surface area contributed by atoms with Crippen molar-refractivity contribution in [1.82, 2.24) is 9.84 Å². The number of benzene rings is 1. The summed E-state index contributed by atoms with van der Waals surface area (Å²) in [4.78, 5) is 2.77. The van der Waals surface area contributed by atoms with Crippen LogP contribution < -0.4 is 9.57 Å². The Hall–Kier alpha value is -1.20. The van der Waals surface area contributed by atoms with Crippen molar-refractivity contribution in [1.29, 1.82) is 0 Å². The molecule has 0 aromatic heterocycles. The fourth-order valence-electron chi connectivity index (χ4n) is 1.95. The molecule has 1 heterocycles. The second-order valence-electron chi connectivity index (χ2n) is 4.67. The van der Waals surface area contributed by atoms with Gasteiger partial charge in [0.05, 0.1) is 4.90 Å². The molecule has 0 saturated carbocycles. The highest BCUT2D eigenvalue weighted by atomic mass is 32.2. The minimum absolute atomic E-state index is 0.207. The van der Waals surface area contributed by atoms with Crippen molar-refractivity contribution in [2.45, 2.75) is 23.5 Å². The molecule has 1 aliphatic rings.